The lowest BCUT2D eigenvalue weighted by Crippen LogP contribution is -2.40. The van der Waals surface area contributed by atoms with Crippen LogP contribution in [-0.2, 0) is 4.79 Å². The number of carbonyl (C=O) groups excluding carboxylic acids is 1. The van der Waals surface area contributed by atoms with Gasteiger partial charge in [-0.1, -0.05) is 23.8 Å². The van der Waals surface area contributed by atoms with E-state index >= 15 is 0 Å². The van der Waals surface area contributed by atoms with Crippen molar-refractivity contribution in [2.45, 2.75) is 26.3 Å². The number of halogens is 1. The van der Waals surface area contributed by atoms with E-state index < -0.39 is 12.0 Å². The summed E-state index contributed by atoms with van der Waals surface area (Å²) in [5.74, 6) is -1.39. The van der Waals surface area contributed by atoms with Crippen molar-refractivity contribution in [2.24, 2.45) is 0 Å². The zero-order valence-corrected chi connectivity index (χ0v) is 13.0. The molecule has 1 unspecified atom stereocenters. The molecule has 4 nitrogen and oxygen atoms in total. The lowest BCUT2D eigenvalue weighted by molar-refractivity contribution is -0.139. The predicted octanol–water partition coefficient (Wildman–Crippen LogP) is 2.75. The number of nitrogens with one attached hydrogen (secondary N) is 1. The fraction of sp³-hybridized carbons (Fsp3) is 0.286. The summed E-state index contributed by atoms with van der Waals surface area (Å²) in [6.45, 7) is 3.70. The molecule has 1 atom stereocenters. The van der Waals surface area contributed by atoms with E-state index in [0.717, 1.165) is 9.13 Å². The molecule has 19 heavy (non-hydrogen) atoms. The number of carboxylic acid groups (broad SMARTS) is 1. The van der Waals surface area contributed by atoms with Gasteiger partial charge in [0.15, 0.2) is 0 Å². The molecule has 0 saturated heterocycles. The molecular formula is C14H16INO3. The van der Waals surface area contributed by atoms with E-state index in [9.17, 15) is 9.59 Å². The molecule has 0 heterocycles. The summed E-state index contributed by atoms with van der Waals surface area (Å²) in [5, 5.41) is 11.6. The number of carbonyl (C=O) groups is 2. The zero-order chi connectivity index (χ0) is 14.4. The number of allylic oxidation sites excluding steroid dienone is 1. The Labute approximate surface area is 126 Å². The van der Waals surface area contributed by atoms with Crippen molar-refractivity contribution in [3.05, 3.63) is 45.0 Å². The first kappa shape index (κ1) is 15.7. The highest BCUT2D eigenvalue weighted by atomic mass is 127. The molecule has 1 aromatic carbocycles. The van der Waals surface area contributed by atoms with Gasteiger partial charge in [-0.2, -0.15) is 0 Å². The summed E-state index contributed by atoms with van der Waals surface area (Å²) in [6, 6.07) is 4.60. The van der Waals surface area contributed by atoms with E-state index in [-0.39, 0.29) is 12.3 Å². The van der Waals surface area contributed by atoms with Gasteiger partial charge in [-0.25, -0.2) is 4.79 Å². The molecule has 0 spiro atoms. The molecule has 0 fully saturated rings. The molecule has 1 aromatic rings. The predicted molar refractivity (Wildman–Crippen MR) is 82.2 cm³/mol. The first-order valence-corrected chi connectivity index (χ1v) is 6.94. The molecule has 1 amide bonds. The summed E-state index contributed by atoms with van der Waals surface area (Å²) < 4.78 is 0.802. The summed E-state index contributed by atoms with van der Waals surface area (Å²) in [7, 11) is 0. The average Bonchev–Trinajstić information content (AvgIpc) is 2.36. The van der Waals surface area contributed by atoms with Crippen molar-refractivity contribution in [3.8, 4) is 0 Å². The van der Waals surface area contributed by atoms with Crippen LogP contribution in [0.3, 0.4) is 0 Å². The van der Waals surface area contributed by atoms with Gasteiger partial charge < -0.3 is 10.4 Å². The molecule has 0 radical (unpaired) electrons. The standard InChI is InChI=1S/C14H16INO3/c1-3-4-5-12(14(18)19)16-13(17)10-8-9(2)6-7-11(10)15/h3-4,6-8,12H,5H2,1-2H3,(H,16,17)(H,18,19)/b4-3+. The van der Waals surface area contributed by atoms with Crippen LogP contribution in [0.15, 0.2) is 30.4 Å². The fourth-order valence-electron chi connectivity index (χ4n) is 1.54. The van der Waals surface area contributed by atoms with E-state index in [1.165, 1.54) is 0 Å². The number of rotatable bonds is 5. The van der Waals surface area contributed by atoms with Crippen molar-refractivity contribution >= 4 is 34.5 Å². The number of amides is 1. The van der Waals surface area contributed by atoms with Crippen LogP contribution in [0.2, 0.25) is 0 Å². The Bertz CT molecular complexity index is 511. The van der Waals surface area contributed by atoms with Gasteiger partial charge in [0.25, 0.3) is 5.91 Å². The molecule has 2 N–H and O–H groups in total. The van der Waals surface area contributed by atoms with Gasteiger partial charge >= 0.3 is 5.97 Å². The molecule has 0 aromatic heterocycles. The van der Waals surface area contributed by atoms with Gasteiger partial charge in [0.1, 0.15) is 6.04 Å². The number of hydrogen-bond acceptors (Lipinski definition) is 2. The second kappa shape index (κ2) is 7.28. The summed E-state index contributed by atoms with van der Waals surface area (Å²) >= 11 is 2.06. The van der Waals surface area contributed by atoms with Crippen molar-refractivity contribution in [2.75, 3.05) is 0 Å². The van der Waals surface area contributed by atoms with Gasteiger partial charge in [-0.3, -0.25) is 4.79 Å². The van der Waals surface area contributed by atoms with E-state index in [1.807, 2.05) is 26.0 Å². The number of hydrogen-bond donors (Lipinski definition) is 2. The Kier molecular flexibility index (Phi) is 6.01. The van der Waals surface area contributed by atoms with Gasteiger partial charge in [-0.05, 0) is 55.0 Å². The monoisotopic (exact) mass is 373 g/mol. The highest BCUT2D eigenvalue weighted by Crippen LogP contribution is 2.14. The molecule has 102 valence electrons. The van der Waals surface area contributed by atoms with E-state index in [1.54, 1.807) is 18.2 Å². The molecule has 0 aliphatic carbocycles. The maximum Gasteiger partial charge on any atom is 0.326 e. The third kappa shape index (κ3) is 4.66. The summed E-state index contributed by atoms with van der Waals surface area (Å²) in [6.07, 6.45) is 3.76. The second-order valence-electron chi connectivity index (χ2n) is 4.15. The first-order valence-electron chi connectivity index (χ1n) is 5.86. The third-order valence-electron chi connectivity index (χ3n) is 2.58. The Hall–Kier alpha value is -1.37. The van der Waals surface area contributed by atoms with Crippen LogP contribution in [0, 0.1) is 10.5 Å². The van der Waals surface area contributed by atoms with Crippen LogP contribution >= 0.6 is 22.6 Å². The van der Waals surface area contributed by atoms with Gasteiger partial charge in [-0.15, -0.1) is 0 Å². The van der Waals surface area contributed by atoms with Crippen molar-refractivity contribution in [1.82, 2.24) is 5.32 Å². The third-order valence-corrected chi connectivity index (χ3v) is 3.52. The van der Waals surface area contributed by atoms with Crippen LogP contribution in [0.1, 0.15) is 29.3 Å². The van der Waals surface area contributed by atoms with Crippen LogP contribution < -0.4 is 5.32 Å². The largest absolute Gasteiger partial charge is 0.480 e. The molecule has 1 rings (SSSR count). The molecule has 0 aliphatic heterocycles. The first-order chi connectivity index (χ1) is 8.95. The number of benzene rings is 1. The highest BCUT2D eigenvalue weighted by Gasteiger charge is 2.20. The van der Waals surface area contributed by atoms with E-state index in [4.69, 9.17) is 5.11 Å². The van der Waals surface area contributed by atoms with Gasteiger partial charge in [0, 0.05) is 3.57 Å². The van der Waals surface area contributed by atoms with Crippen LogP contribution in [0.4, 0.5) is 0 Å². The normalized spacial score (nSPS) is 12.4. The Morgan fingerprint density at radius 3 is 2.74 bits per heavy atom. The number of aryl methyl sites for hydroxylation is 1. The quantitative estimate of drug-likeness (QED) is 0.616. The lowest BCUT2D eigenvalue weighted by Gasteiger charge is -2.13. The van der Waals surface area contributed by atoms with E-state index in [2.05, 4.69) is 27.9 Å². The average molecular weight is 373 g/mol. The van der Waals surface area contributed by atoms with Gasteiger partial charge in [0.05, 0.1) is 5.56 Å². The van der Waals surface area contributed by atoms with Crippen molar-refractivity contribution in [1.29, 1.82) is 0 Å². The maximum absolute atomic E-state index is 12.1. The minimum Gasteiger partial charge on any atom is -0.480 e. The summed E-state index contributed by atoms with van der Waals surface area (Å²) in [4.78, 5) is 23.2. The zero-order valence-electron chi connectivity index (χ0n) is 10.8. The minimum absolute atomic E-state index is 0.278. The molecule has 5 heteroatoms. The lowest BCUT2D eigenvalue weighted by atomic mass is 10.1. The number of carboxylic acids is 1. The van der Waals surface area contributed by atoms with E-state index in [0.29, 0.717) is 5.56 Å². The number of aliphatic carboxylic acids is 1. The Morgan fingerprint density at radius 1 is 1.47 bits per heavy atom. The Balaban J connectivity index is 2.87. The van der Waals surface area contributed by atoms with Crippen molar-refractivity contribution < 1.29 is 14.7 Å². The second-order valence-corrected chi connectivity index (χ2v) is 5.31. The smallest absolute Gasteiger partial charge is 0.326 e. The molecule has 0 aliphatic rings. The van der Waals surface area contributed by atoms with Gasteiger partial charge in [0.2, 0.25) is 0 Å². The Morgan fingerprint density at radius 2 is 2.16 bits per heavy atom. The topological polar surface area (TPSA) is 66.4 Å². The maximum atomic E-state index is 12.1. The van der Waals surface area contributed by atoms with Crippen LogP contribution in [0.25, 0.3) is 0 Å². The fourth-order valence-corrected chi connectivity index (χ4v) is 2.12. The molecular weight excluding hydrogens is 357 g/mol. The minimum atomic E-state index is -1.03. The molecule has 0 saturated carbocycles. The highest BCUT2D eigenvalue weighted by molar-refractivity contribution is 14.1. The van der Waals surface area contributed by atoms with Crippen LogP contribution in [0.5, 0.6) is 0 Å². The summed E-state index contributed by atoms with van der Waals surface area (Å²) in [5.41, 5.74) is 1.47. The molecule has 0 bridgehead atoms. The SMILES string of the molecule is C/C=C/CC(NC(=O)c1cc(C)ccc1I)C(=O)O. The van der Waals surface area contributed by atoms with Crippen LogP contribution in [-0.4, -0.2) is 23.0 Å². The van der Waals surface area contributed by atoms with Crippen molar-refractivity contribution in [3.63, 3.8) is 0 Å².